The van der Waals surface area contributed by atoms with Crippen LogP contribution in [-0.4, -0.2) is 30.9 Å². The van der Waals surface area contributed by atoms with Gasteiger partial charge in [-0.3, -0.25) is 4.79 Å². The highest BCUT2D eigenvalue weighted by Gasteiger charge is 2.21. The van der Waals surface area contributed by atoms with E-state index in [0.29, 0.717) is 19.4 Å². The molecule has 0 bridgehead atoms. The van der Waals surface area contributed by atoms with Crippen LogP contribution in [0.5, 0.6) is 0 Å². The summed E-state index contributed by atoms with van der Waals surface area (Å²) in [5.74, 6) is 1.88. The minimum absolute atomic E-state index is 0.178. The molecule has 0 spiro atoms. The lowest BCUT2D eigenvalue weighted by atomic mass is 10.1. The average molecular weight is 360 g/mol. The lowest BCUT2D eigenvalue weighted by Gasteiger charge is -2.21. The second-order valence-corrected chi connectivity index (χ2v) is 7.00. The van der Waals surface area contributed by atoms with Crippen molar-refractivity contribution in [3.05, 3.63) is 78.1 Å². The number of furan rings is 1. The number of anilines is 1. The molecule has 0 saturated carbocycles. The largest absolute Gasteiger partial charge is 0.461 e. The van der Waals surface area contributed by atoms with Crippen LogP contribution in [0.4, 0.5) is 5.69 Å². The van der Waals surface area contributed by atoms with Crippen molar-refractivity contribution in [3.63, 3.8) is 0 Å². The molecule has 2 aromatic carbocycles. The van der Waals surface area contributed by atoms with Gasteiger partial charge >= 0.3 is 0 Å². The maximum atomic E-state index is 12.8. The summed E-state index contributed by atoms with van der Waals surface area (Å²) in [5, 5.41) is 0. The summed E-state index contributed by atoms with van der Waals surface area (Å²) in [7, 11) is 2.08. The van der Waals surface area contributed by atoms with Gasteiger partial charge in [-0.1, -0.05) is 48.5 Å². The molecule has 0 N–H and O–H groups in total. The number of para-hydroxylation sites is 1. The van der Waals surface area contributed by atoms with Gasteiger partial charge in [-0.15, -0.1) is 0 Å². The maximum absolute atomic E-state index is 12.8. The van der Waals surface area contributed by atoms with E-state index >= 15 is 0 Å². The molecular weight excluding hydrogens is 336 g/mol. The number of aryl methyl sites for hydroxylation is 1. The smallest absolute Gasteiger partial charge is 0.223 e. The first-order chi connectivity index (χ1) is 13.2. The van der Waals surface area contributed by atoms with Gasteiger partial charge in [0.15, 0.2) is 0 Å². The molecule has 0 unspecified atom stereocenters. The van der Waals surface area contributed by atoms with Gasteiger partial charge in [0.1, 0.15) is 11.5 Å². The topological polar surface area (TPSA) is 36.7 Å². The number of fused-ring (bicyclic) bond motifs is 1. The Kier molecular flexibility index (Phi) is 4.97. The van der Waals surface area contributed by atoms with Gasteiger partial charge in [0, 0.05) is 50.8 Å². The Morgan fingerprint density at radius 3 is 2.59 bits per heavy atom. The average Bonchev–Trinajstić information content (AvgIpc) is 3.12. The number of nitrogens with zero attached hydrogens (tertiary/aromatic N) is 2. The van der Waals surface area contributed by atoms with E-state index in [4.69, 9.17) is 4.42 Å². The van der Waals surface area contributed by atoms with Gasteiger partial charge in [0.25, 0.3) is 0 Å². The summed E-state index contributed by atoms with van der Waals surface area (Å²) in [6.45, 7) is 2.27. The first kappa shape index (κ1) is 17.4. The summed E-state index contributed by atoms with van der Waals surface area (Å²) in [5.41, 5.74) is 3.48. The summed E-state index contributed by atoms with van der Waals surface area (Å²) in [6, 6.07) is 22.3. The van der Waals surface area contributed by atoms with E-state index < -0.39 is 0 Å². The molecule has 3 aromatic rings. The summed E-state index contributed by atoms with van der Waals surface area (Å²) in [4.78, 5) is 17.0. The Hall–Kier alpha value is -3.01. The van der Waals surface area contributed by atoms with Crippen LogP contribution >= 0.6 is 0 Å². The van der Waals surface area contributed by atoms with Crippen LogP contribution in [0.2, 0.25) is 0 Å². The van der Waals surface area contributed by atoms with Crippen molar-refractivity contribution in [2.75, 3.05) is 25.0 Å². The van der Waals surface area contributed by atoms with E-state index in [1.54, 1.807) is 0 Å². The molecule has 4 rings (SSSR count). The number of hydrogen-bond donors (Lipinski definition) is 0. The summed E-state index contributed by atoms with van der Waals surface area (Å²) in [6.07, 6.45) is 1.09. The lowest BCUT2D eigenvalue weighted by Crippen LogP contribution is -2.34. The van der Waals surface area contributed by atoms with Gasteiger partial charge in [0.05, 0.1) is 0 Å². The Morgan fingerprint density at radius 2 is 1.74 bits per heavy atom. The van der Waals surface area contributed by atoms with Crippen LogP contribution < -0.4 is 4.90 Å². The van der Waals surface area contributed by atoms with Crippen molar-refractivity contribution in [3.8, 4) is 11.3 Å². The van der Waals surface area contributed by atoms with E-state index in [-0.39, 0.29) is 5.91 Å². The number of carbonyl (C=O) groups is 1. The molecule has 4 nitrogen and oxygen atoms in total. The minimum atomic E-state index is 0.178. The molecule has 27 heavy (non-hydrogen) atoms. The van der Waals surface area contributed by atoms with Crippen molar-refractivity contribution < 1.29 is 9.21 Å². The first-order valence-electron chi connectivity index (χ1n) is 9.41. The predicted octanol–water partition coefficient (Wildman–Crippen LogP) is 4.36. The summed E-state index contributed by atoms with van der Waals surface area (Å²) >= 11 is 0. The van der Waals surface area contributed by atoms with Gasteiger partial charge in [-0.05, 0) is 23.8 Å². The molecular formula is C23H24N2O2. The van der Waals surface area contributed by atoms with E-state index in [1.807, 2.05) is 59.5 Å². The summed E-state index contributed by atoms with van der Waals surface area (Å²) < 4.78 is 5.93. The molecule has 0 radical (unpaired) electrons. The number of amides is 1. The van der Waals surface area contributed by atoms with Crippen molar-refractivity contribution in [2.45, 2.75) is 19.4 Å². The molecule has 1 aliphatic heterocycles. The van der Waals surface area contributed by atoms with E-state index in [9.17, 15) is 4.79 Å². The van der Waals surface area contributed by atoms with Crippen molar-refractivity contribution in [1.29, 1.82) is 0 Å². The van der Waals surface area contributed by atoms with E-state index in [0.717, 1.165) is 30.2 Å². The Morgan fingerprint density at radius 1 is 0.963 bits per heavy atom. The van der Waals surface area contributed by atoms with Crippen molar-refractivity contribution in [1.82, 2.24) is 4.90 Å². The fourth-order valence-corrected chi connectivity index (χ4v) is 3.56. The fraction of sp³-hybridized carbons (Fsp3) is 0.261. The molecule has 0 atom stereocenters. The number of carbonyl (C=O) groups excluding carboxylic acids is 1. The highest BCUT2D eigenvalue weighted by molar-refractivity contribution is 5.77. The normalized spacial score (nSPS) is 14.0. The highest BCUT2D eigenvalue weighted by atomic mass is 16.3. The SMILES string of the molecule is CN1CCN(C(=O)CCc2ccc(-c3ccccc3)o2)Cc2ccccc21. The predicted molar refractivity (Wildman–Crippen MR) is 108 cm³/mol. The molecule has 0 fully saturated rings. The Bertz CT molecular complexity index is 917. The van der Waals surface area contributed by atoms with Gasteiger partial charge < -0.3 is 14.2 Å². The number of hydrogen-bond acceptors (Lipinski definition) is 3. The molecule has 2 heterocycles. The van der Waals surface area contributed by atoms with Gasteiger partial charge in [-0.2, -0.15) is 0 Å². The standard InChI is InChI=1S/C23H24N2O2/c1-24-15-16-25(17-19-9-5-6-10-21(19)24)23(26)14-12-20-11-13-22(27-20)18-7-3-2-4-8-18/h2-11,13H,12,14-17H2,1H3. The Labute approximate surface area is 160 Å². The van der Waals surface area contributed by atoms with Gasteiger partial charge in [-0.25, -0.2) is 0 Å². The van der Waals surface area contributed by atoms with Crippen LogP contribution in [-0.2, 0) is 17.8 Å². The maximum Gasteiger partial charge on any atom is 0.223 e. The Balaban J connectivity index is 1.39. The lowest BCUT2D eigenvalue weighted by molar-refractivity contribution is -0.131. The van der Waals surface area contributed by atoms with Gasteiger partial charge in [0.2, 0.25) is 5.91 Å². The van der Waals surface area contributed by atoms with Crippen LogP contribution in [0, 0.1) is 0 Å². The molecule has 1 aromatic heterocycles. The number of likely N-dealkylation sites (N-methyl/N-ethyl adjacent to an activating group) is 1. The third kappa shape index (κ3) is 3.90. The molecule has 0 saturated heterocycles. The highest BCUT2D eigenvalue weighted by Crippen LogP contribution is 2.25. The zero-order valence-electron chi connectivity index (χ0n) is 15.6. The number of rotatable bonds is 4. The number of benzene rings is 2. The van der Waals surface area contributed by atoms with Crippen LogP contribution in [0.1, 0.15) is 17.7 Å². The molecule has 0 aliphatic carbocycles. The molecule has 1 aliphatic rings. The monoisotopic (exact) mass is 360 g/mol. The van der Waals surface area contributed by atoms with Crippen molar-refractivity contribution in [2.24, 2.45) is 0 Å². The second-order valence-electron chi connectivity index (χ2n) is 7.00. The first-order valence-corrected chi connectivity index (χ1v) is 9.41. The van der Waals surface area contributed by atoms with Crippen LogP contribution in [0.15, 0.2) is 71.1 Å². The third-order valence-corrected chi connectivity index (χ3v) is 5.13. The van der Waals surface area contributed by atoms with Crippen LogP contribution in [0.3, 0.4) is 0 Å². The molecule has 1 amide bonds. The van der Waals surface area contributed by atoms with Crippen LogP contribution in [0.25, 0.3) is 11.3 Å². The zero-order chi connectivity index (χ0) is 18.6. The van der Waals surface area contributed by atoms with E-state index in [1.165, 1.54) is 11.3 Å². The third-order valence-electron chi connectivity index (χ3n) is 5.13. The molecule has 4 heteroatoms. The van der Waals surface area contributed by atoms with E-state index in [2.05, 4.69) is 24.1 Å². The quantitative estimate of drug-likeness (QED) is 0.694. The van der Waals surface area contributed by atoms with Crippen molar-refractivity contribution >= 4 is 11.6 Å². The zero-order valence-corrected chi connectivity index (χ0v) is 15.6. The fourth-order valence-electron chi connectivity index (χ4n) is 3.56. The molecule has 138 valence electrons. The minimum Gasteiger partial charge on any atom is -0.461 e. The second kappa shape index (κ2) is 7.70.